The molecule has 0 heterocycles. The Kier molecular flexibility index (Phi) is 85.3. The number of allylic oxidation sites excluding steroid dienone is 4. The molecule has 6 nitrogen and oxygen atoms in total. The van der Waals surface area contributed by atoms with Crippen molar-refractivity contribution in [2.45, 2.75) is 533 Å². The van der Waals surface area contributed by atoms with Gasteiger partial charge in [0.2, 0.25) is 5.91 Å². The second-order valence-corrected chi connectivity index (χ2v) is 31.3. The molecule has 2 atom stereocenters. The van der Waals surface area contributed by atoms with Crippen LogP contribution < -0.4 is 5.32 Å². The van der Waals surface area contributed by atoms with Crippen molar-refractivity contribution in [2.75, 3.05) is 13.2 Å². The third-order valence-corrected chi connectivity index (χ3v) is 21.5. The second kappa shape index (κ2) is 86.7. The third-order valence-electron chi connectivity index (χ3n) is 21.5. The van der Waals surface area contributed by atoms with Crippen LogP contribution in [0.15, 0.2) is 24.3 Å². The van der Waals surface area contributed by atoms with Gasteiger partial charge in [-0.25, -0.2) is 0 Å². The van der Waals surface area contributed by atoms with Crippen LogP contribution in [0, 0.1) is 0 Å². The number of ether oxygens (including phenoxy) is 1. The van der Waals surface area contributed by atoms with Gasteiger partial charge in [0.05, 0.1) is 25.4 Å². The predicted octanol–water partition coefficient (Wildman–Crippen LogP) is 30.3. The molecule has 97 heavy (non-hydrogen) atoms. The average molecular weight is 1370 g/mol. The SMILES string of the molecule is CCCCC/C=C\C/C=C\CCCCCCCCCCCC(=O)OCCCCCCCCCCCCCCCCCCCCCCCCCCCCCCCCCCCCCCCCCC(=O)NC(CO)C(O)CCCCCCCCCCCCCCCCCCCCCCCC. The molecule has 0 bridgehead atoms. The Balaban J connectivity index is 3.29. The van der Waals surface area contributed by atoms with Gasteiger partial charge >= 0.3 is 5.97 Å². The molecule has 0 aliphatic heterocycles. The number of hydrogen-bond acceptors (Lipinski definition) is 5. The Morgan fingerprint density at radius 3 is 0.804 bits per heavy atom. The number of aliphatic hydroxyl groups excluding tert-OH is 2. The number of hydrogen-bond donors (Lipinski definition) is 3. The molecule has 2 unspecified atom stereocenters. The summed E-state index contributed by atoms with van der Waals surface area (Å²) >= 11 is 0. The molecule has 3 N–H and O–H groups in total. The monoisotopic (exact) mass is 1360 g/mol. The lowest BCUT2D eigenvalue weighted by Crippen LogP contribution is -2.45. The molecule has 6 heteroatoms. The number of unbranched alkanes of at least 4 members (excludes halogenated alkanes) is 71. The molecule has 0 radical (unpaired) electrons. The normalized spacial score (nSPS) is 12.5. The highest BCUT2D eigenvalue weighted by molar-refractivity contribution is 5.76. The van der Waals surface area contributed by atoms with Gasteiger partial charge in [0.25, 0.3) is 0 Å². The Hall–Kier alpha value is -1.66. The second-order valence-electron chi connectivity index (χ2n) is 31.3. The minimum Gasteiger partial charge on any atom is -0.466 e. The fourth-order valence-electron chi connectivity index (χ4n) is 14.7. The van der Waals surface area contributed by atoms with Crippen molar-refractivity contribution < 1.29 is 24.5 Å². The van der Waals surface area contributed by atoms with E-state index in [9.17, 15) is 19.8 Å². The average Bonchev–Trinajstić information content (AvgIpc) is 2.51. The van der Waals surface area contributed by atoms with E-state index in [4.69, 9.17) is 4.74 Å². The summed E-state index contributed by atoms with van der Waals surface area (Å²) in [5.41, 5.74) is 0. The van der Waals surface area contributed by atoms with Crippen LogP contribution in [0.3, 0.4) is 0 Å². The molecular formula is C91H177NO5. The van der Waals surface area contributed by atoms with Crippen molar-refractivity contribution >= 4 is 11.9 Å². The zero-order valence-corrected chi connectivity index (χ0v) is 66.4. The van der Waals surface area contributed by atoms with E-state index >= 15 is 0 Å². The highest BCUT2D eigenvalue weighted by Crippen LogP contribution is 2.22. The molecule has 0 saturated heterocycles. The molecule has 0 fully saturated rings. The van der Waals surface area contributed by atoms with Crippen molar-refractivity contribution in [3.05, 3.63) is 24.3 Å². The molecule has 0 saturated carbocycles. The van der Waals surface area contributed by atoms with Gasteiger partial charge in [0, 0.05) is 12.8 Å². The van der Waals surface area contributed by atoms with Crippen molar-refractivity contribution in [2.24, 2.45) is 0 Å². The summed E-state index contributed by atoms with van der Waals surface area (Å²) in [6.45, 7) is 4.99. The summed E-state index contributed by atoms with van der Waals surface area (Å²) in [4.78, 5) is 24.7. The fraction of sp³-hybridized carbons (Fsp3) is 0.934. The van der Waals surface area contributed by atoms with Gasteiger partial charge in [0.15, 0.2) is 0 Å². The van der Waals surface area contributed by atoms with Crippen molar-refractivity contribution in [3.8, 4) is 0 Å². The minimum absolute atomic E-state index is 0.0215. The Bertz CT molecular complexity index is 1530. The topological polar surface area (TPSA) is 95.9 Å². The summed E-state index contributed by atoms with van der Waals surface area (Å²) < 4.78 is 5.52. The maximum atomic E-state index is 12.6. The quantitative estimate of drug-likeness (QED) is 0.0320. The standard InChI is InChI=1S/C91H177NO5/c1-3-5-7-9-11-13-15-17-19-21-23-24-44-48-51-55-59-63-67-71-75-79-83-89(94)88(87-93)92-90(95)84-80-76-72-68-64-60-56-52-49-45-42-40-38-36-34-32-30-28-26-25-27-29-31-33-35-37-39-41-43-46-50-54-58-62-66-70-74-78-82-86-97-91(96)85-81-77-73-69-65-61-57-53-47-22-20-18-16-14-12-10-8-6-4-2/h12,14,18,20,88-89,93-94H,3-11,13,15-17,19,21-87H2,1-2H3,(H,92,95)/b14-12-,20-18-. The Morgan fingerprint density at radius 1 is 0.289 bits per heavy atom. The van der Waals surface area contributed by atoms with Gasteiger partial charge in [-0.05, 0) is 57.8 Å². The zero-order valence-electron chi connectivity index (χ0n) is 66.4. The van der Waals surface area contributed by atoms with Crippen LogP contribution in [0.4, 0.5) is 0 Å². The van der Waals surface area contributed by atoms with E-state index < -0.39 is 12.1 Å². The molecule has 576 valence electrons. The van der Waals surface area contributed by atoms with Gasteiger partial charge < -0.3 is 20.3 Å². The van der Waals surface area contributed by atoms with Crippen LogP contribution in [0.2, 0.25) is 0 Å². The lowest BCUT2D eigenvalue weighted by atomic mass is 10.0. The lowest BCUT2D eigenvalue weighted by molar-refractivity contribution is -0.143. The number of amides is 1. The minimum atomic E-state index is -0.661. The number of carbonyl (C=O) groups is 2. The molecule has 0 aromatic rings. The van der Waals surface area contributed by atoms with Crippen LogP contribution in [0.25, 0.3) is 0 Å². The highest BCUT2D eigenvalue weighted by atomic mass is 16.5. The van der Waals surface area contributed by atoms with Crippen LogP contribution in [0.5, 0.6) is 0 Å². The molecule has 0 spiro atoms. The molecule has 0 aromatic heterocycles. The number of carbonyl (C=O) groups excluding carboxylic acids is 2. The molecule has 1 amide bonds. The number of esters is 1. The van der Waals surface area contributed by atoms with Gasteiger partial charge in [-0.15, -0.1) is 0 Å². The first-order valence-electron chi connectivity index (χ1n) is 45.1. The van der Waals surface area contributed by atoms with E-state index in [0.29, 0.717) is 25.9 Å². The van der Waals surface area contributed by atoms with Crippen LogP contribution in [-0.4, -0.2) is 47.4 Å². The lowest BCUT2D eigenvalue weighted by Gasteiger charge is -2.22. The van der Waals surface area contributed by atoms with E-state index in [1.165, 1.54) is 443 Å². The van der Waals surface area contributed by atoms with Crippen molar-refractivity contribution in [1.82, 2.24) is 5.32 Å². The number of aliphatic hydroxyl groups is 2. The fourth-order valence-corrected chi connectivity index (χ4v) is 14.7. The summed E-state index contributed by atoms with van der Waals surface area (Å²) in [5.74, 6) is -0.00105. The molecule has 0 rings (SSSR count). The molecular weight excluding hydrogens is 1190 g/mol. The summed E-state index contributed by atoms with van der Waals surface area (Å²) in [7, 11) is 0. The van der Waals surface area contributed by atoms with E-state index in [0.717, 1.165) is 44.9 Å². The molecule has 0 aliphatic rings. The van der Waals surface area contributed by atoms with E-state index in [1.54, 1.807) is 0 Å². The van der Waals surface area contributed by atoms with Gasteiger partial charge in [-0.2, -0.15) is 0 Å². The van der Waals surface area contributed by atoms with Crippen LogP contribution in [0.1, 0.15) is 521 Å². The summed E-state index contributed by atoms with van der Waals surface area (Å²) in [6.07, 6.45) is 113. The molecule has 0 aliphatic carbocycles. The summed E-state index contributed by atoms with van der Waals surface area (Å²) in [6, 6.07) is -0.538. The van der Waals surface area contributed by atoms with Crippen LogP contribution in [-0.2, 0) is 14.3 Å². The number of rotatable bonds is 86. The Labute approximate surface area is 609 Å². The number of nitrogens with one attached hydrogen (secondary N) is 1. The summed E-state index contributed by atoms with van der Waals surface area (Å²) in [5, 5.41) is 23.5. The van der Waals surface area contributed by atoms with Gasteiger partial charge in [0.1, 0.15) is 0 Å². The first kappa shape index (κ1) is 95.3. The first-order valence-corrected chi connectivity index (χ1v) is 45.1. The smallest absolute Gasteiger partial charge is 0.305 e. The van der Waals surface area contributed by atoms with Gasteiger partial charge in [-0.3, -0.25) is 9.59 Å². The zero-order chi connectivity index (χ0) is 69.8. The predicted molar refractivity (Wildman–Crippen MR) is 430 cm³/mol. The van der Waals surface area contributed by atoms with E-state index in [2.05, 4.69) is 43.5 Å². The van der Waals surface area contributed by atoms with Crippen molar-refractivity contribution in [3.63, 3.8) is 0 Å². The largest absolute Gasteiger partial charge is 0.466 e. The van der Waals surface area contributed by atoms with E-state index in [1.807, 2.05) is 0 Å². The van der Waals surface area contributed by atoms with E-state index in [-0.39, 0.29) is 18.5 Å². The Morgan fingerprint density at radius 2 is 0.515 bits per heavy atom. The van der Waals surface area contributed by atoms with Gasteiger partial charge in [-0.1, -0.05) is 475 Å². The third kappa shape index (κ3) is 83.2. The van der Waals surface area contributed by atoms with Crippen molar-refractivity contribution in [1.29, 1.82) is 0 Å². The first-order chi connectivity index (χ1) is 48.0. The maximum absolute atomic E-state index is 12.6. The molecule has 0 aromatic carbocycles. The maximum Gasteiger partial charge on any atom is 0.305 e. The van der Waals surface area contributed by atoms with Crippen LogP contribution >= 0.6 is 0 Å². The highest BCUT2D eigenvalue weighted by Gasteiger charge is 2.20.